The van der Waals surface area contributed by atoms with Crippen molar-refractivity contribution < 1.29 is 54.5 Å². The van der Waals surface area contributed by atoms with Crippen molar-refractivity contribution in [2.45, 2.75) is 25.9 Å². The molecule has 19 heavy (non-hydrogen) atoms. The molecule has 0 spiro atoms. The molecule has 0 saturated carbocycles. The number of phenolic OH excluding ortho intramolecular Hbond substituents is 1. The van der Waals surface area contributed by atoms with Gasteiger partial charge >= 0.3 is 29.6 Å². The van der Waals surface area contributed by atoms with Gasteiger partial charge in [-0.2, -0.15) is 0 Å². The van der Waals surface area contributed by atoms with Gasteiger partial charge in [0.1, 0.15) is 11.9 Å². The van der Waals surface area contributed by atoms with E-state index in [1.165, 1.54) is 19.1 Å². The molecule has 0 radical (unpaired) electrons. The fraction of sp³-hybridized carbons (Fsp3) is 0.385. The molecule has 0 heterocycles. The molecule has 1 rings (SSSR count). The number of aliphatic carboxylic acids is 1. The predicted molar refractivity (Wildman–Crippen MR) is 61.6 cm³/mol. The Bertz CT molecular complexity index is 427. The quantitative estimate of drug-likeness (QED) is 0.528. The third-order valence-corrected chi connectivity index (χ3v) is 2.67. The second-order valence-corrected chi connectivity index (χ2v) is 4.23. The fourth-order valence-corrected chi connectivity index (χ4v) is 1.57. The first kappa shape index (κ1) is 18.1. The number of carbonyl (C=O) groups is 2. The van der Waals surface area contributed by atoms with Crippen LogP contribution in [-0.4, -0.2) is 28.1 Å². The number of carboxylic acid groups (broad SMARTS) is 1. The van der Waals surface area contributed by atoms with Crippen LogP contribution in [0.1, 0.15) is 18.9 Å². The Kier molecular flexibility index (Phi) is 7.94. The van der Waals surface area contributed by atoms with E-state index in [0.29, 0.717) is 5.56 Å². The molecule has 98 valence electrons. The van der Waals surface area contributed by atoms with Gasteiger partial charge in [-0.25, -0.2) is 0 Å². The molecule has 2 unspecified atom stereocenters. The van der Waals surface area contributed by atoms with Gasteiger partial charge in [0.25, 0.3) is 0 Å². The minimum Gasteiger partial charge on any atom is -0.550 e. The number of benzene rings is 1. The summed E-state index contributed by atoms with van der Waals surface area (Å²) in [5.74, 6) is -2.74. The van der Waals surface area contributed by atoms with Crippen molar-refractivity contribution in [2.24, 2.45) is 5.92 Å². The molecule has 0 fully saturated rings. The average molecular weight is 274 g/mol. The van der Waals surface area contributed by atoms with E-state index in [4.69, 9.17) is 10.2 Å². The number of carbonyl (C=O) groups excluding carboxylic acids is 2. The summed E-state index contributed by atoms with van der Waals surface area (Å²) in [4.78, 5) is 22.3. The maximum Gasteiger partial charge on any atom is 1.00 e. The normalized spacial score (nSPS) is 13.2. The molecule has 0 aliphatic rings. The van der Waals surface area contributed by atoms with Gasteiger partial charge < -0.3 is 20.1 Å². The van der Waals surface area contributed by atoms with Crippen LogP contribution in [0.3, 0.4) is 0 Å². The molecular weight excluding hydrogens is 259 g/mol. The first-order valence-electron chi connectivity index (χ1n) is 5.59. The minimum absolute atomic E-state index is 0. The van der Waals surface area contributed by atoms with Gasteiger partial charge in [-0.15, -0.1) is 0 Å². The third-order valence-electron chi connectivity index (χ3n) is 2.67. The molecule has 1 aromatic carbocycles. The van der Waals surface area contributed by atoms with E-state index in [2.05, 4.69) is 0 Å². The Morgan fingerprint density at radius 3 is 2.21 bits per heavy atom. The van der Waals surface area contributed by atoms with Gasteiger partial charge in [0.2, 0.25) is 0 Å². The van der Waals surface area contributed by atoms with E-state index in [-0.39, 0.29) is 48.1 Å². The van der Waals surface area contributed by atoms with E-state index in [9.17, 15) is 14.7 Å². The zero-order valence-corrected chi connectivity index (χ0v) is 13.0. The first-order chi connectivity index (χ1) is 8.40. The second kappa shape index (κ2) is 8.32. The summed E-state index contributed by atoms with van der Waals surface area (Å²) >= 11 is 0. The Balaban J connectivity index is 0.00000324. The number of aromatic hydroxyl groups is 1. The number of hydrogen-bond acceptors (Lipinski definition) is 5. The zero-order chi connectivity index (χ0) is 13.7. The van der Waals surface area contributed by atoms with Crippen LogP contribution < -0.4 is 34.7 Å². The van der Waals surface area contributed by atoms with Crippen LogP contribution in [0.2, 0.25) is 0 Å². The number of ketones is 1. The molecule has 0 saturated heterocycles. The average Bonchev–Trinajstić information content (AvgIpc) is 2.30. The molecule has 2 atom stereocenters. The van der Waals surface area contributed by atoms with Crippen molar-refractivity contribution >= 4 is 11.8 Å². The molecule has 0 amide bonds. The molecule has 0 aliphatic carbocycles. The summed E-state index contributed by atoms with van der Waals surface area (Å²) in [7, 11) is 0. The van der Waals surface area contributed by atoms with Crippen LogP contribution in [0.4, 0.5) is 0 Å². The van der Waals surface area contributed by atoms with Gasteiger partial charge in [0.15, 0.2) is 5.78 Å². The van der Waals surface area contributed by atoms with E-state index in [0.717, 1.165) is 0 Å². The molecule has 5 nitrogen and oxygen atoms in total. The molecule has 6 heteroatoms. The van der Waals surface area contributed by atoms with Crippen molar-refractivity contribution in [3.63, 3.8) is 0 Å². The van der Waals surface area contributed by atoms with Crippen LogP contribution in [0.25, 0.3) is 0 Å². The Morgan fingerprint density at radius 1 is 1.26 bits per heavy atom. The van der Waals surface area contributed by atoms with Gasteiger partial charge in [-0.3, -0.25) is 4.79 Å². The van der Waals surface area contributed by atoms with Crippen molar-refractivity contribution in [3.05, 3.63) is 29.8 Å². The topological polar surface area (TPSA) is 97.7 Å². The third kappa shape index (κ3) is 6.20. The van der Waals surface area contributed by atoms with Gasteiger partial charge in [-0.05, 0) is 31.0 Å². The maximum atomic E-state index is 11.3. The van der Waals surface area contributed by atoms with Crippen LogP contribution in [0, 0.1) is 5.92 Å². The Hall–Kier alpha value is -0.880. The molecule has 0 bridgehead atoms. The number of rotatable bonds is 6. The number of Topliss-reactive ketones (excluding diaryl/α,β-unsaturated/α-hetero) is 1. The number of phenols is 1. The summed E-state index contributed by atoms with van der Waals surface area (Å²) in [6, 6.07) is 6.05. The van der Waals surface area contributed by atoms with Crippen LogP contribution in [0.5, 0.6) is 5.75 Å². The molecule has 2 N–H and O–H groups in total. The van der Waals surface area contributed by atoms with Crippen molar-refractivity contribution in [1.82, 2.24) is 0 Å². The standard InChI is InChI=1S/C13H16O5.Na/c1-8(14)12(16)7-10(13(17)18)6-9-2-4-11(15)5-3-9;/h2-5,8,10,14-15H,6-7H2,1H3,(H,17,18);/q;+1/p-1. The van der Waals surface area contributed by atoms with Crippen LogP contribution in [0.15, 0.2) is 24.3 Å². The van der Waals surface area contributed by atoms with Gasteiger partial charge in [0.05, 0.1) is 0 Å². The van der Waals surface area contributed by atoms with E-state index in [1.54, 1.807) is 12.1 Å². The van der Waals surface area contributed by atoms with E-state index in [1.807, 2.05) is 0 Å². The monoisotopic (exact) mass is 274 g/mol. The largest absolute Gasteiger partial charge is 1.00 e. The Morgan fingerprint density at radius 2 is 1.79 bits per heavy atom. The number of aliphatic hydroxyl groups is 1. The van der Waals surface area contributed by atoms with Crippen molar-refractivity contribution in [2.75, 3.05) is 0 Å². The zero-order valence-electron chi connectivity index (χ0n) is 11.0. The first-order valence-corrected chi connectivity index (χ1v) is 5.59. The van der Waals surface area contributed by atoms with Gasteiger partial charge in [-0.1, -0.05) is 12.1 Å². The maximum absolute atomic E-state index is 11.3. The van der Waals surface area contributed by atoms with E-state index >= 15 is 0 Å². The summed E-state index contributed by atoms with van der Waals surface area (Å²) in [5.41, 5.74) is 0.681. The summed E-state index contributed by atoms with van der Waals surface area (Å²) in [5, 5.41) is 29.1. The van der Waals surface area contributed by atoms with Crippen LogP contribution in [-0.2, 0) is 16.0 Å². The summed E-state index contributed by atoms with van der Waals surface area (Å²) in [6.07, 6.45) is -1.31. The smallest absolute Gasteiger partial charge is 0.550 e. The Labute approximate surface area is 133 Å². The number of carboxylic acids is 1. The SMILES string of the molecule is CC(O)C(=O)CC(Cc1ccc(O)cc1)C(=O)[O-].[Na+]. The van der Waals surface area contributed by atoms with Crippen molar-refractivity contribution in [1.29, 1.82) is 0 Å². The fourth-order valence-electron chi connectivity index (χ4n) is 1.57. The number of hydrogen-bond donors (Lipinski definition) is 2. The number of aliphatic hydroxyl groups excluding tert-OH is 1. The molecule has 0 aromatic heterocycles. The van der Waals surface area contributed by atoms with E-state index < -0.39 is 23.8 Å². The predicted octanol–water partition coefficient (Wildman–Crippen LogP) is -3.36. The van der Waals surface area contributed by atoms with Crippen LogP contribution >= 0.6 is 0 Å². The summed E-state index contributed by atoms with van der Waals surface area (Å²) in [6.45, 7) is 1.30. The molecular formula is C13H15NaO5. The summed E-state index contributed by atoms with van der Waals surface area (Å²) < 4.78 is 0. The molecule has 1 aromatic rings. The van der Waals surface area contributed by atoms with Crippen molar-refractivity contribution in [3.8, 4) is 5.75 Å². The molecule has 0 aliphatic heterocycles. The second-order valence-electron chi connectivity index (χ2n) is 4.23. The van der Waals surface area contributed by atoms with Gasteiger partial charge in [0, 0.05) is 18.3 Å². The minimum atomic E-state index is -1.32.